The third-order valence-electron chi connectivity index (χ3n) is 4.12. The fraction of sp³-hybridized carbons (Fsp3) is 0.500. The summed E-state index contributed by atoms with van der Waals surface area (Å²) in [6, 6.07) is 4.31. The normalized spacial score (nSPS) is 14.6. The Bertz CT molecular complexity index is 782. The first-order valence-corrected chi connectivity index (χ1v) is 10.5. The zero-order chi connectivity index (χ0) is 18.7. The van der Waals surface area contributed by atoms with Gasteiger partial charge >= 0.3 is 6.01 Å². The van der Waals surface area contributed by atoms with Gasteiger partial charge in [0.05, 0.1) is 11.6 Å². The van der Waals surface area contributed by atoms with Crippen LogP contribution < -0.4 is 14.4 Å². The molecule has 0 spiro atoms. The predicted octanol–water partition coefficient (Wildman–Crippen LogP) is 4.42. The zero-order valence-electron chi connectivity index (χ0n) is 15.5. The van der Waals surface area contributed by atoms with Gasteiger partial charge in [0, 0.05) is 24.6 Å². The first kappa shape index (κ1) is 19.2. The Balaban J connectivity index is 1.92. The van der Waals surface area contributed by atoms with Crippen molar-refractivity contribution in [3.8, 4) is 17.5 Å². The zero-order valence-corrected chi connectivity index (χ0v) is 17.9. The summed E-state index contributed by atoms with van der Waals surface area (Å²) < 4.78 is 12.4. The largest absolute Gasteiger partial charge is 0.493 e. The molecule has 0 radical (unpaired) electrons. The van der Waals surface area contributed by atoms with E-state index in [0.29, 0.717) is 29.2 Å². The number of hydrogen-bond donors (Lipinski definition) is 0. The van der Waals surface area contributed by atoms with Crippen LogP contribution in [0.2, 0.25) is 0 Å². The number of ether oxygens (including phenoxy) is 2. The van der Waals surface area contributed by atoms with E-state index >= 15 is 0 Å². The molecule has 1 saturated heterocycles. The molecule has 0 bridgehead atoms. The van der Waals surface area contributed by atoms with Crippen LogP contribution in [0, 0.1) is 6.92 Å². The molecule has 140 valence electrons. The number of hydrogen-bond acceptors (Lipinski definition) is 7. The Labute approximate surface area is 166 Å². The molecule has 0 amide bonds. The monoisotopic (exact) mass is 438 g/mol. The molecule has 0 unspecified atom stereocenters. The second-order valence-electron chi connectivity index (χ2n) is 6.36. The number of aryl methyl sites for hydroxylation is 1. The maximum atomic E-state index is 6.01. The van der Waals surface area contributed by atoms with Crippen molar-refractivity contribution in [2.75, 3.05) is 36.6 Å². The number of rotatable bonds is 5. The topological polar surface area (TPSA) is 60.4 Å². The van der Waals surface area contributed by atoms with E-state index in [9.17, 15) is 0 Å². The predicted molar refractivity (Wildman–Crippen MR) is 109 cm³/mol. The van der Waals surface area contributed by atoms with Crippen molar-refractivity contribution in [3.63, 3.8) is 0 Å². The molecule has 26 heavy (non-hydrogen) atoms. The van der Waals surface area contributed by atoms with Crippen LogP contribution in [0.5, 0.6) is 17.5 Å². The Morgan fingerprint density at radius 3 is 2.54 bits per heavy atom. The van der Waals surface area contributed by atoms with E-state index < -0.39 is 0 Å². The number of thioether (sulfide) groups is 1. The molecule has 0 atom stereocenters. The van der Waals surface area contributed by atoms with Gasteiger partial charge in [0.25, 0.3) is 0 Å². The molecule has 1 aliphatic heterocycles. The molecule has 2 aromatic rings. The molecule has 1 aromatic heterocycles. The van der Waals surface area contributed by atoms with Gasteiger partial charge in [0.1, 0.15) is 5.82 Å². The molecule has 1 aromatic carbocycles. The van der Waals surface area contributed by atoms with E-state index in [0.717, 1.165) is 29.1 Å². The SMILES string of the molecule is COc1cc(C(C)C)cc(Br)c1Oc1nc(C)nc(N2CCSCC2)n1. The quantitative estimate of drug-likeness (QED) is 0.684. The van der Waals surface area contributed by atoms with Gasteiger partial charge in [0.15, 0.2) is 11.5 Å². The lowest BCUT2D eigenvalue weighted by atomic mass is 10.0. The minimum Gasteiger partial charge on any atom is -0.493 e. The summed E-state index contributed by atoms with van der Waals surface area (Å²) in [6.45, 7) is 8.00. The van der Waals surface area contributed by atoms with Crippen LogP contribution in [0.4, 0.5) is 5.95 Å². The van der Waals surface area contributed by atoms with E-state index in [1.165, 1.54) is 5.56 Å². The van der Waals surface area contributed by atoms with E-state index in [4.69, 9.17) is 9.47 Å². The fourth-order valence-corrected chi connectivity index (χ4v) is 4.10. The highest BCUT2D eigenvalue weighted by Gasteiger charge is 2.19. The first-order chi connectivity index (χ1) is 12.5. The van der Waals surface area contributed by atoms with Crippen LogP contribution in [-0.2, 0) is 0 Å². The van der Waals surface area contributed by atoms with E-state index in [1.54, 1.807) is 7.11 Å². The molecular formula is C18H23BrN4O2S. The minimum absolute atomic E-state index is 0.280. The summed E-state index contributed by atoms with van der Waals surface area (Å²) >= 11 is 5.54. The van der Waals surface area contributed by atoms with Gasteiger partial charge in [-0.3, -0.25) is 0 Å². The van der Waals surface area contributed by atoms with Gasteiger partial charge in [-0.05, 0) is 46.5 Å². The molecule has 6 nitrogen and oxygen atoms in total. The summed E-state index contributed by atoms with van der Waals surface area (Å²) in [6.07, 6.45) is 0. The summed E-state index contributed by atoms with van der Waals surface area (Å²) in [4.78, 5) is 15.5. The van der Waals surface area contributed by atoms with Crippen LogP contribution in [0.3, 0.4) is 0 Å². The van der Waals surface area contributed by atoms with Crippen molar-refractivity contribution in [2.45, 2.75) is 26.7 Å². The van der Waals surface area contributed by atoms with Gasteiger partial charge in [-0.25, -0.2) is 0 Å². The molecule has 2 heterocycles. The standard InChI is InChI=1S/C18H23BrN4O2S/c1-11(2)13-9-14(19)16(15(10-13)24-4)25-18-21-12(3)20-17(22-18)23-5-7-26-8-6-23/h9-11H,5-8H2,1-4H3. The van der Waals surface area contributed by atoms with Gasteiger partial charge in [-0.15, -0.1) is 0 Å². The highest BCUT2D eigenvalue weighted by Crippen LogP contribution is 2.40. The molecule has 0 aliphatic carbocycles. The highest BCUT2D eigenvalue weighted by atomic mass is 79.9. The molecule has 0 saturated carbocycles. The number of aromatic nitrogens is 3. The van der Waals surface area contributed by atoms with E-state index in [-0.39, 0.29) is 6.01 Å². The smallest absolute Gasteiger partial charge is 0.327 e. The number of anilines is 1. The third kappa shape index (κ3) is 4.40. The van der Waals surface area contributed by atoms with Crippen molar-refractivity contribution in [1.29, 1.82) is 0 Å². The van der Waals surface area contributed by atoms with Crippen LogP contribution in [0.15, 0.2) is 16.6 Å². The second kappa shape index (κ2) is 8.43. The van der Waals surface area contributed by atoms with Gasteiger partial charge < -0.3 is 14.4 Å². The van der Waals surface area contributed by atoms with Crippen LogP contribution in [0.25, 0.3) is 0 Å². The molecular weight excluding hydrogens is 416 g/mol. The van der Waals surface area contributed by atoms with Gasteiger partial charge in [-0.2, -0.15) is 26.7 Å². The van der Waals surface area contributed by atoms with Crippen LogP contribution >= 0.6 is 27.7 Å². The van der Waals surface area contributed by atoms with Crippen molar-refractivity contribution < 1.29 is 9.47 Å². The Hall–Kier alpha value is -1.54. The summed E-state index contributed by atoms with van der Waals surface area (Å²) in [7, 11) is 1.63. The number of nitrogens with zero attached hydrogens (tertiary/aromatic N) is 4. The number of benzene rings is 1. The maximum Gasteiger partial charge on any atom is 0.327 e. The van der Waals surface area contributed by atoms with Gasteiger partial charge in [0.2, 0.25) is 5.95 Å². The molecule has 1 aliphatic rings. The number of methoxy groups -OCH3 is 1. The second-order valence-corrected chi connectivity index (χ2v) is 8.43. The fourth-order valence-electron chi connectivity index (χ4n) is 2.66. The minimum atomic E-state index is 0.280. The molecule has 8 heteroatoms. The van der Waals surface area contributed by atoms with Crippen molar-refractivity contribution in [2.24, 2.45) is 0 Å². The van der Waals surface area contributed by atoms with Crippen molar-refractivity contribution in [1.82, 2.24) is 15.0 Å². The molecule has 1 fully saturated rings. The van der Waals surface area contributed by atoms with Gasteiger partial charge in [-0.1, -0.05) is 13.8 Å². The third-order valence-corrected chi connectivity index (χ3v) is 5.65. The lowest BCUT2D eigenvalue weighted by Gasteiger charge is -2.26. The van der Waals surface area contributed by atoms with E-state index in [1.807, 2.05) is 30.8 Å². The maximum absolute atomic E-state index is 6.01. The Kier molecular flexibility index (Phi) is 6.24. The molecule has 3 rings (SSSR count). The summed E-state index contributed by atoms with van der Waals surface area (Å²) in [5.74, 6) is 5.07. The lowest BCUT2D eigenvalue weighted by molar-refractivity contribution is 0.364. The average Bonchev–Trinajstić information content (AvgIpc) is 2.63. The van der Waals surface area contributed by atoms with Crippen molar-refractivity contribution >= 4 is 33.6 Å². The Morgan fingerprint density at radius 2 is 1.88 bits per heavy atom. The average molecular weight is 439 g/mol. The summed E-state index contributed by atoms with van der Waals surface area (Å²) in [5, 5.41) is 0. The lowest BCUT2D eigenvalue weighted by Crippen LogP contribution is -2.34. The number of halogens is 1. The summed E-state index contributed by atoms with van der Waals surface area (Å²) in [5.41, 5.74) is 1.17. The first-order valence-electron chi connectivity index (χ1n) is 8.58. The van der Waals surface area contributed by atoms with Crippen LogP contribution in [0.1, 0.15) is 31.2 Å². The van der Waals surface area contributed by atoms with Crippen LogP contribution in [-0.4, -0.2) is 46.7 Å². The van der Waals surface area contributed by atoms with Crippen molar-refractivity contribution in [3.05, 3.63) is 28.0 Å². The Morgan fingerprint density at radius 1 is 1.15 bits per heavy atom. The molecule has 0 N–H and O–H groups in total. The van der Waals surface area contributed by atoms with E-state index in [2.05, 4.69) is 49.6 Å². The highest BCUT2D eigenvalue weighted by molar-refractivity contribution is 9.10.